The second-order valence-electron chi connectivity index (χ2n) is 6.85. The molecule has 2 N–H and O–H groups in total. The molecule has 1 aromatic heterocycles. The second kappa shape index (κ2) is 6.09. The third-order valence-electron chi connectivity index (χ3n) is 5.22. The maximum Gasteiger partial charge on any atom is 0.416 e. The van der Waals surface area contributed by atoms with Gasteiger partial charge in [0.1, 0.15) is 5.54 Å². The minimum Gasteiger partial charge on any atom is -0.354 e. The Morgan fingerprint density at radius 1 is 1.08 bits per heavy atom. The third-order valence-corrected chi connectivity index (χ3v) is 5.22. The van der Waals surface area contributed by atoms with Crippen LogP contribution in [0.2, 0.25) is 0 Å². The van der Waals surface area contributed by atoms with Crippen molar-refractivity contribution >= 4 is 5.91 Å². The molecule has 2 saturated heterocycles. The first-order chi connectivity index (χ1) is 12.4. The highest BCUT2D eigenvalue weighted by Crippen LogP contribution is 2.37. The van der Waals surface area contributed by atoms with Crippen molar-refractivity contribution in [2.45, 2.75) is 37.0 Å². The summed E-state index contributed by atoms with van der Waals surface area (Å²) in [6.45, 7) is 0.678. The molecule has 2 aromatic rings. The van der Waals surface area contributed by atoms with Gasteiger partial charge in [-0.15, -0.1) is 0 Å². The predicted octanol–water partition coefficient (Wildman–Crippen LogP) is 3.45. The molecule has 4 rings (SSSR count). The highest BCUT2D eigenvalue weighted by atomic mass is 19.4. The van der Waals surface area contributed by atoms with Gasteiger partial charge in [-0.2, -0.15) is 13.2 Å². The molecule has 1 amide bonds. The number of amides is 1. The van der Waals surface area contributed by atoms with Crippen LogP contribution in [0.5, 0.6) is 0 Å². The fraction of sp³-hybridized carbons (Fsp3) is 0.368. The largest absolute Gasteiger partial charge is 0.416 e. The van der Waals surface area contributed by atoms with E-state index in [1.54, 1.807) is 6.07 Å². The molecule has 0 radical (unpaired) electrons. The fourth-order valence-electron chi connectivity index (χ4n) is 3.78. The van der Waals surface area contributed by atoms with E-state index in [-0.39, 0.29) is 11.9 Å². The van der Waals surface area contributed by atoms with E-state index in [0.29, 0.717) is 17.8 Å². The number of hydrogen-bond donors (Lipinski definition) is 2. The van der Waals surface area contributed by atoms with Crippen molar-refractivity contribution in [1.82, 2.24) is 15.6 Å². The summed E-state index contributed by atoms with van der Waals surface area (Å²) in [4.78, 5) is 16.7. The lowest BCUT2D eigenvalue weighted by atomic mass is 9.96. The van der Waals surface area contributed by atoms with Crippen molar-refractivity contribution in [3.05, 3.63) is 53.7 Å². The van der Waals surface area contributed by atoms with E-state index in [2.05, 4.69) is 15.6 Å². The van der Waals surface area contributed by atoms with Crippen LogP contribution in [0.4, 0.5) is 13.2 Å². The van der Waals surface area contributed by atoms with Crippen molar-refractivity contribution in [3.63, 3.8) is 0 Å². The number of rotatable bonds is 2. The van der Waals surface area contributed by atoms with Crippen LogP contribution in [0.25, 0.3) is 11.3 Å². The third kappa shape index (κ3) is 2.96. The van der Waals surface area contributed by atoms with Gasteiger partial charge in [-0.3, -0.25) is 15.1 Å². The van der Waals surface area contributed by atoms with Gasteiger partial charge in [0.2, 0.25) is 5.91 Å². The molecular weight excluding hydrogens is 343 g/mol. The van der Waals surface area contributed by atoms with E-state index in [1.807, 2.05) is 12.1 Å². The van der Waals surface area contributed by atoms with Crippen LogP contribution in [0.1, 0.15) is 36.6 Å². The van der Waals surface area contributed by atoms with Crippen LogP contribution in [0, 0.1) is 0 Å². The molecule has 1 aromatic carbocycles. The normalized spacial score (nSPS) is 25.7. The Balaban J connectivity index is 1.57. The minimum atomic E-state index is -4.35. The monoisotopic (exact) mass is 361 g/mol. The molecule has 0 unspecified atom stereocenters. The first-order valence-electron chi connectivity index (χ1n) is 8.58. The summed E-state index contributed by atoms with van der Waals surface area (Å²) in [6.07, 6.45) is -2.02. The van der Waals surface area contributed by atoms with Crippen LogP contribution in [-0.4, -0.2) is 23.0 Å². The van der Waals surface area contributed by atoms with Crippen molar-refractivity contribution < 1.29 is 18.0 Å². The van der Waals surface area contributed by atoms with Crippen LogP contribution >= 0.6 is 0 Å². The zero-order valence-corrected chi connectivity index (χ0v) is 13.9. The zero-order chi connectivity index (χ0) is 18.4. The lowest BCUT2D eigenvalue weighted by Crippen LogP contribution is -2.47. The predicted molar refractivity (Wildman–Crippen MR) is 90.1 cm³/mol. The number of aromatic nitrogens is 1. The highest BCUT2D eigenvalue weighted by Gasteiger charge is 2.48. The lowest BCUT2D eigenvalue weighted by Gasteiger charge is -2.21. The number of benzene rings is 1. The quantitative estimate of drug-likeness (QED) is 0.862. The number of nitrogens with one attached hydrogen (secondary N) is 2. The van der Waals surface area contributed by atoms with Crippen LogP contribution in [-0.2, 0) is 11.0 Å². The zero-order valence-electron chi connectivity index (χ0n) is 13.9. The minimum absolute atomic E-state index is 0.0340. The molecule has 0 saturated carbocycles. The van der Waals surface area contributed by atoms with E-state index in [4.69, 9.17) is 0 Å². The van der Waals surface area contributed by atoms with Gasteiger partial charge in [-0.25, -0.2) is 0 Å². The summed E-state index contributed by atoms with van der Waals surface area (Å²) in [5, 5.41) is 6.28. The van der Waals surface area contributed by atoms with Gasteiger partial charge in [-0.05, 0) is 43.5 Å². The van der Waals surface area contributed by atoms with Crippen molar-refractivity contribution in [2.24, 2.45) is 0 Å². The van der Waals surface area contributed by atoms with Gasteiger partial charge in [0.05, 0.1) is 23.0 Å². The summed E-state index contributed by atoms with van der Waals surface area (Å²) in [7, 11) is 0. The Morgan fingerprint density at radius 3 is 2.50 bits per heavy atom. The summed E-state index contributed by atoms with van der Waals surface area (Å²) >= 11 is 0. The van der Waals surface area contributed by atoms with E-state index in [9.17, 15) is 18.0 Å². The Morgan fingerprint density at radius 2 is 1.85 bits per heavy atom. The van der Waals surface area contributed by atoms with Crippen molar-refractivity contribution in [1.29, 1.82) is 0 Å². The Kier molecular flexibility index (Phi) is 3.99. The molecule has 2 aliphatic heterocycles. The number of hydrogen-bond acceptors (Lipinski definition) is 3. The maximum atomic E-state index is 12.7. The van der Waals surface area contributed by atoms with Gasteiger partial charge in [0.25, 0.3) is 0 Å². The number of carbonyl (C=O) groups is 1. The van der Waals surface area contributed by atoms with Gasteiger partial charge in [0.15, 0.2) is 0 Å². The molecular formula is C19H18F3N3O. The smallest absolute Gasteiger partial charge is 0.354 e. The molecule has 1 spiro atoms. The molecule has 26 heavy (non-hydrogen) atoms. The molecule has 3 heterocycles. The van der Waals surface area contributed by atoms with Gasteiger partial charge >= 0.3 is 6.18 Å². The first-order valence-corrected chi connectivity index (χ1v) is 8.58. The molecule has 4 nitrogen and oxygen atoms in total. The number of alkyl halides is 3. The van der Waals surface area contributed by atoms with Crippen molar-refractivity contribution in [3.8, 4) is 11.3 Å². The number of halogens is 3. The number of nitrogens with zero attached hydrogens (tertiary/aromatic N) is 1. The number of pyridine rings is 1. The SMILES string of the molecule is O=C1NCC[C@]12CC[C@H](c1cccc(-c3ccc(C(F)(F)F)cc3)n1)N2. The summed E-state index contributed by atoms with van der Waals surface area (Å²) < 4.78 is 38.1. The van der Waals surface area contributed by atoms with E-state index < -0.39 is 17.3 Å². The van der Waals surface area contributed by atoms with E-state index in [1.165, 1.54) is 12.1 Å². The Labute approximate surface area is 148 Å². The molecule has 2 atom stereocenters. The van der Waals surface area contributed by atoms with E-state index in [0.717, 1.165) is 37.1 Å². The molecule has 2 aliphatic rings. The standard InChI is InChI=1S/C19H18F3N3O/c20-19(21,22)13-6-4-12(5-7-13)14-2-1-3-15(24-14)16-8-9-18(25-16)10-11-23-17(18)26/h1-7,16,25H,8-11H2,(H,23,26)/t16-,18-/m1/s1. The summed E-state index contributed by atoms with van der Waals surface area (Å²) in [6, 6.07) is 10.5. The lowest BCUT2D eigenvalue weighted by molar-refractivity contribution is -0.137. The fourth-order valence-corrected chi connectivity index (χ4v) is 3.78. The topological polar surface area (TPSA) is 54.0 Å². The average Bonchev–Trinajstić information content (AvgIpc) is 3.22. The summed E-state index contributed by atoms with van der Waals surface area (Å²) in [5.41, 5.74) is 0.875. The van der Waals surface area contributed by atoms with Gasteiger partial charge in [0, 0.05) is 12.1 Å². The van der Waals surface area contributed by atoms with Gasteiger partial charge in [-0.1, -0.05) is 18.2 Å². The average molecular weight is 361 g/mol. The Bertz CT molecular complexity index is 835. The Hall–Kier alpha value is -2.41. The summed E-state index contributed by atoms with van der Waals surface area (Å²) in [5.74, 6) is 0.0406. The van der Waals surface area contributed by atoms with Crippen LogP contribution in [0.3, 0.4) is 0 Å². The van der Waals surface area contributed by atoms with Crippen molar-refractivity contribution in [2.75, 3.05) is 6.54 Å². The van der Waals surface area contributed by atoms with Crippen LogP contribution in [0.15, 0.2) is 42.5 Å². The second-order valence-corrected chi connectivity index (χ2v) is 6.85. The number of carbonyl (C=O) groups excluding carboxylic acids is 1. The van der Waals surface area contributed by atoms with E-state index >= 15 is 0 Å². The molecule has 2 fully saturated rings. The van der Waals surface area contributed by atoms with Crippen LogP contribution < -0.4 is 10.6 Å². The first kappa shape index (κ1) is 17.0. The molecule has 0 bridgehead atoms. The maximum absolute atomic E-state index is 12.7. The molecule has 136 valence electrons. The molecule has 0 aliphatic carbocycles. The highest BCUT2D eigenvalue weighted by molar-refractivity contribution is 5.88. The molecule has 7 heteroatoms. The van der Waals surface area contributed by atoms with Gasteiger partial charge < -0.3 is 5.32 Å².